The molecule has 1 saturated carbocycles. The summed E-state index contributed by atoms with van der Waals surface area (Å²) in [4.78, 5) is 2.59. The summed E-state index contributed by atoms with van der Waals surface area (Å²) in [5, 5.41) is 3.79. The van der Waals surface area contributed by atoms with Gasteiger partial charge in [-0.15, -0.1) is 0 Å². The minimum atomic E-state index is 0.233. The van der Waals surface area contributed by atoms with Crippen LogP contribution in [0.2, 0.25) is 0 Å². The topological polar surface area (TPSA) is 15.3 Å². The Kier molecular flexibility index (Phi) is 7.70. The van der Waals surface area contributed by atoms with Gasteiger partial charge in [0.2, 0.25) is 0 Å². The van der Waals surface area contributed by atoms with Crippen molar-refractivity contribution in [1.82, 2.24) is 10.2 Å². The van der Waals surface area contributed by atoms with Gasteiger partial charge in [0.15, 0.2) is 0 Å². The van der Waals surface area contributed by atoms with Gasteiger partial charge in [-0.25, -0.2) is 0 Å². The molecule has 0 spiro atoms. The summed E-state index contributed by atoms with van der Waals surface area (Å²) < 4.78 is 0. The number of nitrogens with zero attached hydrogens (tertiary/aromatic N) is 1. The minimum Gasteiger partial charge on any atom is -0.311 e. The second-order valence-electron chi connectivity index (χ2n) is 8.73. The largest absolute Gasteiger partial charge is 0.311 e. The molecule has 2 heteroatoms. The fourth-order valence-corrected chi connectivity index (χ4v) is 3.50. The average molecular weight is 297 g/mol. The number of unbranched alkanes of at least 4 members (excludes halogenated alkanes) is 2. The van der Waals surface area contributed by atoms with Crippen molar-refractivity contribution in [2.45, 2.75) is 85.1 Å². The van der Waals surface area contributed by atoms with Gasteiger partial charge in [-0.3, -0.25) is 0 Å². The van der Waals surface area contributed by atoms with Crippen molar-refractivity contribution in [3.8, 4) is 0 Å². The highest BCUT2D eigenvalue weighted by molar-refractivity contribution is 4.90. The minimum absolute atomic E-state index is 0.233. The van der Waals surface area contributed by atoms with Crippen molar-refractivity contribution in [1.29, 1.82) is 0 Å². The number of rotatable bonds is 8. The van der Waals surface area contributed by atoms with E-state index in [-0.39, 0.29) is 5.54 Å². The molecule has 0 heterocycles. The van der Waals surface area contributed by atoms with Gasteiger partial charge in [-0.05, 0) is 65.0 Å². The molecule has 0 aromatic heterocycles. The van der Waals surface area contributed by atoms with Gasteiger partial charge >= 0.3 is 0 Å². The van der Waals surface area contributed by atoms with Crippen molar-refractivity contribution in [2.75, 3.05) is 26.7 Å². The first kappa shape index (κ1) is 19.0. The molecular weight excluding hydrogens is 256 g/mol. The second kappa shape index (κ2) is 8.53. The molecule has 1 aliphatic rings. The van der Waals surface area contributed by atoms with Crippen LogP contribution in [-0.2, 0) is 0 Å². The molecule has 1 N–H and O–H groups in total. The smallest absolute Gasteiger partial charge is 0.00967 e. The van der Waals surface area contributed by atoms with Crippen molar-refractivity contribution < 1.29 is 0 Å². The molecule has 0 aromatic carbocycles. The SMILES string of the molecule is CCCCCN(C)CC1(CNC(C)(C)C)CCC(C)CC1. The quantitative estimate of drug-likeness (QED) is 0.654. The van der Waals surface area contributed by atoms with E-state index in [1.165, 1.54) is 64.6 Å². The van der Waals surface area contributed by atoms with Gasteiger partial charge in [0.05, 0.1) is 0 Å². The molecule has 0 atom stereocenters. The summed E-state index contributed by atoms with van der Waals surface area (Å²) in [5.74, 6) is 0.929. The van der Waals surface area contributed by atoms with E-state index >= 15 is 0 Å². The first-order chi connectivity index (χ1) is 9.76. The van der Waals surface area contributed by atoms with Crippen molar-refractivity contribution in [2.24, 2.45) is 11.3 Å². The highest BCUT2D eigenvalue weighted by Crippen LogP contribution is 2.39. The summed E-state index contributed by atoms with van der Waals surface area (Å²) in [7, 11) is 2.33. The molecule has 0 bridgehead atoms. The molecule has 1 fully saturated rings. The molecule has 2 nitrogen and oxygen atoms in total. The third kappa shape index (κ3) is 7.65. The fourth-order valence-electron chi connectivity index (χ4n) is 3.50. The Hall–Kier alpha value is -0.0800. The normalized spacial score (nSPS) is 27.3. The van der Waals surface area contributed by atoms with Crippen molar-refractivity contribution >= 4 is 0 Å². The van der Waals surface area contributed by atoms with Gasteiger partial charge < -0.3 is 10.2 Å². The van der Waals surface area contributed by atoms with Crippen LogP contribution in [-0.4, -0.2) is 37.1 Å². The van der Waals surface area contributed by atoms with Gasteiger partial charge in [0.1, 0.15) is 0 Å². The fraction of sp³-hybridized carbons (Fsp3) is 1.00. The maximum absolute atomic E-state index is 3.79. The Balaban J connectivity index is 2.55. The standard InChI is InChI=1S/C19H40N2/c1-7-8-9-14-21(6)16-19(15-20-18(3,4)5)12-10-17(2)11-13-19/h17,20H,7-16H2,1-6H3. The van der Waals surface area contributed by atoms with Crippen LogP contribution in [0, 0.1) is 11.3 Å². The molecule has 0 aromatic rings. The summed E-state index contributed by atoms with van der Waals surface area (Å²) >= 11 is 0. The zero-order valence-electron chi connectivity index (χ0n) is 15.6. The first-order valence-electron chi connectivity index (χ1n) is 9.20. The van der Waals surface area contributed by atoms with Crippen LogP contribution in [0.1, 0.15) is 79.6 Å². The highest BCUT2D eigenvalue weighted by atomic mass is 15.1. The summed E-state index contributed by atoms with van der Waals surface area (Å²) in [6.07, 6.45) is 9.66. The van der Waals surface area contributed by atoms with E-state index in [4.69, 9.17) is 0 Å². The van der Waals surface area contributed by atoms with Gasteiger partial charge in [0, 0.05) is 18.6 Å². The molecule has 1 aliphatic carbocycles. The van der Waals surface area contributed by atoms with Crippen LogP contribution in [0.25, 0.3) is 0 Å². The summed E-state index contributed by atoms with van der Waals surface area (Å²) in [6, 6.07) is 0. The van der Waals surface area contributed by atoms with Gasteiger partial charge in [-0.2, -0.15) is 0 Å². The first-order valence-corrected chi connectivity index (χ1v) is 9.20. The lowest BCUT2D eigenvalue weighted by Gasteiger charge is -2.43. The lowest BCUT2D eigenvalue weighted by atomic mass is 9.70. The van der Waals surface area contributed by atoms with Crippen molar-refractivity contribution in [3.63, 3.8) is 0 Å². The number of hydrogen-bond acceptors (Lipinski definition) is 2. The lowest BCUT2D eigenvalue weighted by molar-refractivity contribution is 0.0907. The Morgan fingerprint density at radius 3 is 2.29 bits per heavy atom. The van der Waals surface area contributed by atoms with Gasteiger partial charge in [0.25, 0.3) is 0 Å². The zero-order valence-corrected chi connectivity index (χ0v) is 15.6. The Bertz CT molecular complexity index is 272. The summed E-state index contributed by atoms with van der Waals surface area (Å²) in [5.41, 5.74) is 0.734. The van der Waals surface area contributed by atoms with E-state index in [0.29, 0.717) is 5.41 Å². The molecule has 1 rings (SSSR count). The monoisotopic (exact) mass is 296 g/mol. The van der Waals surface area contributed by atoms with E-state index in [2.05, 4.69) is 51.9 Å². The van der Waals surface area contributed by atoms with E-state index in [1.807, 2.05) is 0 Å². The van der Waals surface area contributed by atoms with Crippen LogP contribution >= 0.6 is 0 Å². The lowest BCUT2D eigenvalue weighted by Crippen LogP contribution is -2.49. The molecular formula is C19H40N2. The average Bonchev–Trinajstić information content (AvgIpc) is 2.39. The van der Waals surface area contributed by atoms with Crippen LogP contribution < -0.4 is 5.32 Å². The Morgan fingerprint density at radius 1 is 1.14 bits per heavy atom. The molecule has 0 amide bonds. The third-order valence-corrected chi connectivity index (χ3v) is 5.08. The van der Waals surface area contributed by atoms with E-state index < -0.39 is 0 Å². The van der Waals surface area contributed by atoms with E-state index in [0.717, 1.165) is 5.92 Å². The maximum Gasteiger partial charge on any atom is 0.00967 e. The second-order valence-corrected chi connectivity index (χ2v) is 8.73. The highest BCUT2D eigenvalue weighted by Gasteiger charge is 2.35. The number of nitrogens with one attached hydrogen (secondary N) is 1. The Labute approximate surface area is 134 Å². The molecule has 0 radical (unpaired) electrons. The predicted molar refractivity (Wildman–Crippen MR) is 94.8 cm³/mol. The molecule has 126 valence electrons. The van der Waals surface area contributed by atoms with Crippen LogP contribution in [0.3, 0.4) is 0 Å². The number of hydrogen-bond donors (Lipinski definition) is 1. The summed E-state index contributed by atoms with van der Waals surface area (Å²) in [6.45, 7) is 15.3. The molecule has 0 aliphatic heterocycles. The maximum atomic E-state index is 3.79. The van der Waals surface area contributed by atoms with E-state index in [1.54, 1.807) is 0 Å². The Morgan fingerprint density at radius 2 is 1.76 bits per heavy atom. The predicted octanol–water partition coefficient (Wildman–Crippen LogP) is 4.69. The zero-order chi connectivity index (χ0) is 15.9. The third-order valence-electron chi connectivity index (χ3n) is 5.08. The van der Waals surface area contributed by atoms with E-state index in [9.17, 15) is 0 Å². The molecule has 0 unspecified atom stereocenters. The molecule has 0 saturated heterocycles. The van der Waals surface area contributed by atoms with Crippen LogP contribution in [0.4, 0.5) is 0 Å². The van der Waals surface area contributed by atoms with Crippen LogP contribution in [0.15, 0.2) is 0 Å². The van der Waals surface area contributed by atoms with Crippen LogP contribution in [0.5, 0.6) is 0 Å². The van der Waals surface area contributed by atoms with Gasteiger partial charge in [-0.1, -0.05) is 39.5 Å². The van der Waals surface area contributed by atoms with Crippen molar-refractivity contribution in [3.05, 3.63) is 0 Å². The molecule has 21 heavy (non-hydrogen) atoms.